The van der Waals surface area contributed by atoms with Crippen LogP contribution < -0.4 is 0 Å². The Morgan fingerprint density at radius 3 is 1.00 bits per heavy atom. The zero-order valence-electron chi connectivity index (χ0n) is 30.5. The first kappa shape index (κ1) is 31.9. The predicted molar refractivity (Wildman–Crippen MR) is 233 cm³/mol. The Kier molecular flexibility index (Phi) is 7.70. The first-order valence-corrected chi connectivity index (χ1v) is 18.9. The second-order valence-electron chi connectivity index (χ2n) is 14.5. The molecule has 10 aromatic carbocycles. The summed E-state index contributed by atoms with van der Waals surface area (Å²) >= 11 is 0. The Morgan fingerprint density at radius 1 is 0.222 bits per heavy atom. The van der Waals surface area contributed by atoms with E-state index in [1.54, 1.807) is 0 Å². The maximum Gasteiger partial charge on any atom is -0.00235 e. The molecule has 0 N–H and O–H groups in total. The van der Waals surface area contributed by atoms with Gasteiger partial charge in [0.15, 0.2) is 0 Å². The highest BCUT2D eigenvalue weighted by Crippen LogP contribution is 2.48. The SMILES string of the molecule is Cc1ccccc1-c1c2ccccc2c(-c2ccccc2C)c2cc(-c3ccc4c(-c5ccccc5)c5ccccc5c(-c5ccccc5)c4c3)ccc12. The van der Waals surface area contributed by atoms with Crippen molar-refractivity contribution in [2.45, 2.75) is 13.8 Å². The maximum absolute atomic E-state index is 2.45. The molecule has 10 rings (SSSR count). The number of hydrogen-bond acceptors (Lipinski definition) is 0. The van der Waals surface area contributed by atoms with Crippen LogP contribution in [0.3, 0.4) is 0 Å². The van der Waals surface area contributed by atoms with Crippen molar-refractivity contribution in [3.05, 3.63) is 205 Å². The van der Waals surface area contributed by atoms with Crippen LogP contribution in [0.4, 0.5) is 0 Å². The molecule has 0 bridgehead atoms. The third kappa shape index (κ3) is 5.14. The van der Waals surface area contributed by atoms with Crippen LogP contribution in [-0.2, 0) is 0 Å². The summed E-state index contributed by atoms with van der Waals surface area (Å²) in [5.74, 6) is 0. The Balaban J connectivity index is 1.31. The Bertz CT molecular complexity index is 3040. The van der Waals surface area contributed by atoms with Crippen molar-refractivity contribution >= 4 is 43.1 Å². The second-order valence-corrected chi connectivity index (χ2v) is 14.5. The van der Waals surface area contributed by atoms with E-state index < -0.39 is 0 Å². The standard InChI is InChI=1S/C54H38/c1-35-17-9-11-23-41(35)53-45-27-15-16-28-46(45)54(42-24-12-10-18-36(42)2)50-34-40(30-32-48(50)53)39-29-31-47-49(33-39)52(38-21-7-4-8-22-38)44-26-14-13-25-43(44)51(47)37-19-5-3-6-20-37/h3-34H,1-2H3. The molecule has 0 saturated heterocycles. The van der Waals surface area contributed by atoms with Crippen LogP contribution in [0.5, 0.6) is 0 Å². The quantitative estimate of drug-likeness (QED) is 0.158. The fourth-order valence-electron chi connectivity index (χ4n) is 8.83. The van der Waals surface area contributed by atoms with E-state index in [1.165, 1.54) is 110 Å². The van der Waals surface area contributed by atoms with Gasteiger partial charge in [0, 0.05) is 0 Å². The van der Waals surface area contributed by atoms with Gasteiger partial charge in [-0.25, -0.2) is 0 Å². The van der Waals surface area contributed by atoms with Crippen LogP contribution in [0, 0.1) is 13.8 Å². The van der Waals surface area contributed by atoms with E-state index in [-0.39, 0.29) is 0 Å². The molecule has 0 nitrogen and oxygen atoms in total. The molecule has 10 aromatic rings. The summed E-state index contributed by atoms with van der Waals surface area (Å²) in [7, 11) is 0. The van der Waals surface area contributed by atoms with Crippen molar-refractivity contribution < 1.29 is 0 Å². The first-order valence-electron chi connectivity index (χ1n) is 18.9. The molecule has 54 heavy (non-hydrogen) atoms. The lowest BCUT2D eigenvalue weighted by Crippen LogP contribution is -1.94. The predicted octanol–water partition coefficient (Wildman–Crippen LogP) is 15.3. The summed E-state index contributed by atoms with van der Waals surface area (Å²) in [6, 6.07) is 71.6. The molecule has 0 aliphatic heterocycles. The van der Waals surface area contributed by atoms with Crippen molar-refractivity contribution in [2.75, 3.05) is 0 Å². The average molecular weight is 687 g/mol. The first-order chi connectivity index (χ1) is 26.7. The van der Waals surface area contributed by atoms with Crippen LogP contribution >= 0.6 is 0 Å². The Morgan fingerprint density at radius 2 is 0.537 bits per heavy atom. The Hall–Kier alpha value is -6.76. The molecule has 0 aliphatic carbocycles. The van der Waals surface area contributed by atoms with E-state index >= 15 is 0 Å². The zero-order chi connectivity index (χ0) is 36.2. The van der Waals surface area contributed by atoms with Gasteiger partial charge < -0.3 is 0 Å². The van der Waals surface area contributed by atoms with Crippen molar-refractivity contribution in [3.8, 4) is 55.6 Å². The van der Waals surface area contributed by atoms with Crippen LogP contribution in [-0.4, -0.2) is 0 Å². The highest BCUT2D eigenvalue weighted by atomic mass is 14.2. The summed E-state index contributed by atoms with van der Waals surface area (Å²) in [5.41, 5.74) is 15.1. The lowest BCUT2D eigenvalue weighted by atomic mass is 9.82. The van der Waals surface area contributed by atoms with Crippen LogP contribution in [0.2, 0.25) is 0 Å². The molecule has 0 unspecified atom stereocenters. The molecule has 0 spiro atoms. The monoisotopic (exact) mass is 686 g/mol. The maximum atomic E-state index is 2.45. The molecule has 0 heteroatoms. The van der Waals surface area contributed by atoms with Gasteiger partial charge in [0.1, 0.15) is 0 Å². The molecule has 254 valence electrons. The number of hydrogen-bond donors (Lipinski definition) is 0. The van der Waals surface area contributed by atoms with Crippen molar-refractivity contribution in [1.82, 2.24) is 0 Å². The summed E-state index contributed by atoms with van der Waals surface area (Å²) in [4.78, 5) is 0. The summed E-state index contributed by atoms with van der Waals surface area (Å²) in [5, 5.41) is 10.2. The third-order valence-electron chi connectivity index (χ3n) is 11.3. The van der Waals surface area contributed by atoms with Gasteiger partial charge in [-0.05, 0) is 136 Å². The summed E-state index contributed by atoms with van der Waals surface area (Å²) in [6.45, 7) is 4.46. The van der Waals surface area contributed by atoms with E-state index in [0.717, 1.165) is 0 Å². The van der Waals surface area contributed by atoms with Gasteiger partial charge in [-0.1, -0.05) is 182 Å². The lowest BCUT2D eigenvalue weighted by Gasteiger charge is -2.21. The normalized spacial score (nSPS) is 11.5. The third-order valence-corrected chi connectivity index (χ3v) is 11.3. The van der Waals surface area contributed by atoms with Gasteiger partial charge in [-0.15, -0.1) is 0 Å². The highest BCUT2D eigenvalue weighted by molar-refractivity contribution is 6.24. The van der Waals surface area contributed by atoms with E-state index in [9.17, 15) is 0 Å². The molecule has 0 amide bonds. The lowest BCUT2D eigenvalue weighted by molar-refractivity contribution is 1.47. The average Bonchev–Trinajstić information content (AvgIpc) is 3.23. The van der Waals surface area contributed by atoms with E-state index in [0.29, 0.717) is 0 Å². The topological polar surface area (TPSA) is 0 Å². The minimum Gasteiger partial charge on any atom is -0.0622 e. The molecular formula is C54H38. The number of aryl methyl sites for hydroxylation is 2. The molecule has 0 saturated carbocycles. The van der Waals surface area contributed by atoms with Gasteiger partial charge in [0.25, 0.3) is 0 Å². The van der Waals surface area contributed by atoms with Gasteiger partial charge in [-0.3, -0.25) is 0 Å². The minimum absolute atomic E-state index is 1.21. The van der Waals surface area contributed by atoms with Gasteiger partial charge in [0.05, 0.1) is 0 Å². The van der Waals surface area contributed by atoms with Crippen LogP contribution in [0.25, 0.3) is 98.7 Å². The van der Waals surface area contributed by atoms with Crippen molar-refractivity contribution in [1.29, 1.82) is 0 Å². The molecule has 0 radical (unpaired) electrons. The largest absolute Gasteiger partial charge is 0.0622 e. The Labute approximate surface area is 316 Å². The van der Waals surface area contributed by atoms with Crippen molar-refractivity contribution in [2.24, 2.45) is 0 Å². The minimum atomic E-state index is 1.21. The van der Waals surface area contributed by atoms with Crippen molar-refractivity contribution in [3.63, 3.8) is 0 Å². The molecular weight excluding hydrogens is 649 g/mol. The molecule has 0 heterocycles. The molecule has 0 fully saturated rings. The van der Waals surface area contributed by atoms with E-state index in [4.69, 9.17) is 0 Å². The molecule has 0 aromatic heterocycles. The fraction of sp³-hybridized carbons (Fsp3) is 0.0370. The molecule has 0 aliphatic rings. The number of benzene rings is 10. The van der Waals surface area contributed by atoms with E-state index in [2.05, 4.69) is 208 Å². The highest BCUT2D eigenvalue weighted by Gasteiger charge is 2.21. The van der Waals surface area contributed by atoms with E-state index in [1.807, 2.05) is 0 Å². The number of fused-ring (bicyclic) bond motifs is 4. The van der Waals surface area contributed by atoms with Gasteiger partial charge in [-0.2, -0.15) is 0 Å². The summed E-state index contributed by atoms with van der Waals surface area (Å²) in [6.07, 6.45) is 0. The van der Waals surface area contributed by atoms with Crippen LogP contribution in [0.15, 0.2) is 194 Å². The molecule has 0 atom stereocenters. The zero-order valence-corrected chi connectivity index (χ0v) is 30.5. The second kappa shape index (κ2) is 13.0. The number of rotatable bonds is 5. The fourth-order valence-corrected chi connectivity index (χ4v) is 8.83. The van der Waals surface area contributed by atoms with Crippen LogP contribution in [0.1, 0.15) is 11.1 Å². The van der Waals surface area contributed by atoms with Gasteiger partial charge in [0.2, 0.25) is 0 Å². The smallest absolute Gasteiger partial charge is 0.00235 e. The summed E-state index contributed by atoms with van der Waals surface area (Å²) < 4.78 is 0. The van der Waals surface area contributed by atoms with Gasteiger partial charge >= 0.3 is 0 Å².